The third kappa shape index (κ3) is 13.1. The summed E-state index contributed by atoms with van der Waals surface area (Å²) in [4.78, 5) is 11.3. The minimum Gasteiger partial charge on any atom is -0.436 e. The van der Waals surface area contributed by atoms with Crippen molar-refractivity contribution in [3.05, 3.63) is 0 Å². The molecule has 0 aromatic carbocycles. The fraction of sp³-hybridized carbons (Fsp3) is 0.933. The van der Waals surface area contributed by atoms with Gasteiger partial charge in [-0.15, -0.1) is 0 Å². The predicted octanol–water partition coefficient (Wildman–Crippen LogP) is 5.29. The average Bonchev–Trinajstić information content (AvgIpc) is 3.01. The molecule has 0 amide bonds. The van der Waals surface area contributed by atoms with Crippen LogP contribution in [0.15, 0.2) is 0 Å². The van der Waals surface area contributed by atoms with Crippen molar-refractivity contribution in [1.82, 2.24) is 0 Å². The fourth-order valence-corrected chi connectivity index (χ4v) is 4.53. The van der Waals surface area contributed by atoms with Gasteiger partial charge in [-0.05, 0) is 26.2 Å². The highest BCUT2D eigenvalue weighted by Gasteiger charge is 2.16. The van der Waals surface area contributed by atoms with Crippen molar-refractivity contribution >= 4 is 27.6 Å². The first-order chi connectivity index (χ1) is 9.72. The second kappa shape index (κ2) is 17.2. The lowest BCUT2D eigenvalue weighted by Gasteiger charge is -2.11. The van der Waals surface area contributed by atoms with E-state index in [-0.39, 0.29) is 5.97 Å². The van der Waals surface area contributed by atoms with Gasteiger partial charge in [-0.2, -0.15) is 0 Å². The fourth-order valence-electron chi connectivity index (χ4n) is 1.50. The largest absolute Gasteiger partial charge is 0.436 e. The van der Waals surface area contributed by atoms with Crippen molar-refractivity contribution in [3.63, 3.8) is 0 Å². The van der Waals surface area contributed by atoms with E-state index >= 15 is 0 Å². The lowest BCUT2D eigenvalue weighted by molar-refractivity contribution is -0.169. The first-order valence-electron chi connectivity index (χ1n) is 7.73. The molecule has 0 aromatic rings. The molecule has 0 aromatic heterocycles. The van der Waals surface area contributed by atoms with Crippen LogP contribution < -0.4 is 0 Å². The molecule has 0 radical (unpaired) electrons. The number of unbranched alkanes of at least 4 members (excludes halogenated alkanes) is 1. The van der Waals surface area contributed by atoms with Gasteiger partial charge in [0.15, 0.2) is 6.29 Å². The lowest BCUT2D eigenvalue weighted by Crippen LogP contribution is -2.16. The summed E-state index contributed by atoms with van der Waals surface area (Å²) in [5, 5.41) is 0.805. The molecular formula is C15H32O3S2. The monoisotopic (exact) mass is 324 g/mol. The Morgan fingerprint density at radius 2 is 1.90 bits per heavy atom. The van der Waals surface area contributed by atoms with E-state index in [4.69, 9.17) is 9.47 Å². The molecule has 0 aliphatic carbocycles. The van der Waals surface area contributed by atoms with Crippen LogP contribution in [0.3, 0.4) is 0 Å². The first-order valence-corrected chi connectivity index (χ1v) is 10.1. The van der Waals surface area contributed by atoms with E-state index in [0.717, 1.165) is 18.1 Å². The molecule has 0 bridgehead atoms. The second-order valence-corrected chi connectivity index (χ2v) is 6.66. The Hall–Kier alpha value is 0.130. The van der Waals surface area contributed by atoms with Crippen LogP contribution in [0.4, 0.5) is 0 Å². The van der Waals surface area contributed by atoms with Gasteiger partial charge in [-0.1, -0.05) is 55.7 Å². The van der Waals surface area contributed by atoms with Crippen LogP contribution in [-0.4, -0.2) is 30.4 Å². The molecule has 1 fully saturated rings. The van der Waals surface area contributed by atoms with E-state index in [1.165, 1.54) is 25.7 Å². The standard InChI is InChI=1S/C11H20O3S2.2C2H6/c1-9(13-2)14-11(12)6-4-3-5-10-7-8-15-16-10;2*1-2/h9-10H,3-8H2,1-2H3;2*1-2H3. The van der Waals surface area contributed by atoms with Crippen LogP contribution in [0.25, 0.3) is 0 Å². The molecule has 0 spiro atoms. The topological polar surface area (TPSA) is 35.5 Å². The van der Waals surface area contributed by atoms with E-state index in [0.29, 0.717) is 6.42 Å². The molecule has 2 unspecified atom stereocenters. The zero-order valence-electron chi connectivity index (χ0n) is 13.9. The van der Waals surface area contributed by atoms with Gasteiger partial charge in [-0.25, -0.2) is 0 Å². The Balaban J connectivity index is 0. The Kier molecular flexibility index (Phi) is 19.3. The zero-order chi connectivity index (χ0) is 15.8. The van der Waals surface area contributed by atoms with E-state index in [1.807, 2.05) is 49.3 Å². The zero-order valence-corrected chi connectivity index (χ0v) is 15.6. The van der Waals surface area contributed by atoms with Crippen molar-refractivity contribution in [3.8, 4) is 0 Å². The van der Waals surface area contributed by atoms with Gasteiger partial charge in [0.05, 0.1) is 0 Å². The number of carbonyl (C=O) groups excluding carboxylic acids is 1. The number of hydrogen-bond donors (Lipinski definition) is 0. The molecule has 20 heavy (non-hydrogen) atoms. The number of methoxy groups -OCH3 is 1. The summed E-state index contributed by atoms with van der Waals surface area (Å²) in [7, 11) is 5.50. The normalized spacial score (nSPS) is 18.2. The lowest BCUT2D eigenvalue weighted by atomic mass is 10.1. The van der Waals surface area contributed by atoms with E-state index in [9.17, 15) is 4.79 Å². The van der Waals surface area contributed by atoms with Gasteiger partial charge in [0, 0.05) is 24.5 Å². The van der Waals surface area contributed by atoms with E-state index < -0.39 is 6.29 Å². The summed E-state index contributed by atoms with van der Waals surface area (Å²) in [6.07, 6.45) is 4.68. The van der Waals surface area contributed by atoms with Gasteiger partial charge in [0.2, 0.25) is 0 Å². The van der Waals surface area contributed by atoms with Gasteiger partial charge in [0.1, 0.15) is 0 Å². The molecule has 3 nitrogen and oxygen atoms in total. The summed E-state index contributed by atoms with van der Waals surface area (Å²) in [5.41, 5.74) is 0. The number of esters is 1. The summed E-state index contributed by atoms with van der Waals surface area (Å²) in [6, 6.07) is 0. The highest BCUT2D eigenvalue weighted by Crippen LogP contribution is 2.39. The quantitative estimate of drug-likeness (QED) is 0.275. The Labute approximate surface area is 133 Å². The second-order valence-electron chi connectivity index (χ2n) is 3.87. The van der Waals surface area contributed by atoms with Crippen LogP contribution in [0.2, 0.25) is 0 Å². The Bertz CT molecular complexity index is 207. The Morgan fingerprint density at radius 3 is 2.40 bits per heavy atom. The van der Waals surface area contributed by atoms with Crippen molar-refractivity contribution < 1.29 is 14.3 Å². The minimum absolute atomic E-state index is 0.150. The van der Waals surface area contributed by atoms with Crippen LogP contribution in [0.5, 0.6) is 0 Å². The molecule has 1 rings (SSSR count). The molecule has 122 valence electrons. The molecule has 1 aliphatic rings. The predicted molar refractivity (Wildman–Crippen MR) is 92.2 cm³/mol. The van der Waals surface area contributed by atoms with Crippen molar-refractivity contribution in [2.45, 2.75) is 78.3 Å². The van der Waals surface area contributed by atoms with Crippen LogP contribution in [-0.2, 0) is 14.3 Å². The highest BCUT2D eigenvalue weighted by atomic mass is 33.1. The number of carbonyl (C=O) groups is 1. The molecule has 1 saturated heterocycles. The summed E-state index contributed by atoms with van der Waals surface area (Å²) in [5.74, 6) is 1.13. The van der Waals surface area contributed by atoms with Gasteiger partial charge in [0.25, 0.3) is 0 Å². The Morgan fingerprint density at radius 1 is 1.25 bits per heavy atom. The van der Waals surface area contributed by atoms with Gasteiger partial charge >= 0.3 is 5.97 Å². The molecule has 1 heterocycles. The SMILES string of the molecule is CC.CC.COC(C)OC(=O)CCCCC1CCSS1. The number of hydrogen-bond acceptors (Lipinski definition) is 5. The average molecular weight is 325 g/mol. The van der Waals surface area contributed by atoms with Crippen LogP contribution >= 0.6 is 21.6 Å². The maximum atomic E-state index is 11.3. The summed E-state index contributed by atoms with van der Waals surface area (Å²) in [6.45, 7) is 9.73. The molecule has 1 aliphatic heterocycles. The van der Waals surface area contributed by atoms with Gasteiger partial charge < -0.3 is 9.47 Å². The summed E-state index contributed by atoms with van der Waals surface area (Å²) >= 11 is 0. The molecule has 2 atom stereocenters. The maximum Gasteiger partial charge on any atom is 0.308 e. The van der Waals surface area contributed by atoms with Crippen LogP contribution in [0.1, 0.15) is 66.7 Å². The molecule has 5 heteroatoms. The minimum atomic E-state index is -0.422. The van der Waals surface area contributed by atoms with E-state index in [2.05, 4.69) is 0 Å². The van der Waals surface area contributed by atoms with Gasteiger partial charge in [-0.3, -0.25) is 4.79 Å². The van der Waals surface area contributed by atoms with Crippen LogP contribution in [0, 0.1) is 0 Å². The molecular weight excluding hydrogens is 292 g/mol. The maximum absolute atomic E-state index is 11.3. The van der Waals surface area contributed by atoms with E-state index in [1.54, 1.807) is 6.92 Å². The molecule has 0 N–H and O–H groups in total. The third-order valence-electron chi connectivity index (χ3n) is 2.51. The van der Waals surface area contributed by atoms with Crippen molar-refractivity contribution in [2.24, 2.45) is 0 Å². The smallest absolute Gasteiger partial charge is 0.308 e. The highest BCUT2D eigenvalue weighted by molar-refractivity contribution is 8.77. The third-order valence-corrected chi connectivity index (χ3v) is 5.52. The summed E-state index contributed by atoms with van der Waals surface area (Å²) < 4.78 is 9.86. The number of ether oxygens (including phenoxy) is 2. The van der Waals surface area contributed by atoms with Crippen molar-refractivity contribution in [1.29, 1.82) is 0 Å². The first kappa shape index (κ1) is 22.4. The van der Waals surface area contributed by atoms with Crippen molar-refractivity contribution in [2.75, 3.05) is 12.9 Å². The number of rotatable bonds is 7. The molecule has 0 saturated carbocycles.